The number of rotatable bonds is 17. The number of benzene rings is 1. The largest absolute Gasteiger partial charge is 0.493 e. The molecule has 8 heteroatoms. The van der Waals surface area contributed by atoms with E-state index in [1.165, 1.54) is 0 Å². The Labute approximate surface area is 241 Å². The molecule has 1 aromatic carbocycles. The fourth-order valence-corrected chi connectivity index (χ4v) is 6.02. The molecule has 2 fully saturated rings. The number of ether oxygens (including phenoxy) is 4. The molecule has 0 aromatic heterocycles. The maximum absolute atomic E-state index is 13.3. The van der Waals surface area contributed by atoms with Crippen molar-refractivity contribution in [2.24, 2.45) is 34.8 Å². The first-order chi connectivity index (χ1) is 19.1. The highest BCUT2D eigenvalue weighted by molar-refractivity contribution is 5.79. The monoisotopic (exact) mass is 562 g/mol. The summed E-state index contributed by atoms with van der Waals surface area (Å²) >= 11 is 0. The van der Waals surface area contributed by atoms with Gasteiger partial charge in [-0.15, -0.1) is 0 Å². The van der Waals surface area contributed by atoms with Crippen LogP contribution in [0, 0.1) is 29.1 Å². The molecule has 4 N–H and O–H groups in total. The summed E-state index contributed by atoms with van der Waals surface area (Å²) in [6, 6.07) is 5.89. The molecule has 5 atom stereocenters. The minimum atomic E-state index is -0.744. The van der Waals surface area contributed by atoms with E-state index in [-0.39, 0.29) is 35.1 Å². The van der Waals surface area contributed by atoms with E-state index in [0.717, 1.165) is 56.6 Å². The van der Waals surface area contributed by atoms with Crippen LogP contribution >= 0.6 is 0 Å². The molecule has 1 aliphatic carbocycles. The predicted octanol–water partition coefficient (Wildman–Crippen LogP) is 4.35. The molecule has 1 aliphatic heterocycles. The Hall–Kier alpha value is -1.87. The summed E-state index contributed by atoms with van der Waals surface area (Å²) in [5.74, 6) is 1.98. The molecule has 228 valence electrons. The van der Waals surface area contributed by atoms with Crippen molar-refractivity contribution in [2.45, 2.75) is 90.8 Å². The van der Waals surface area contributed by atoms with Gasteiger partial charge in [-0.3, -0.25) is 4.79 Å². The lowest BCUT2D eigenvalue weighted by Gasteiger charge is -2.30. The summed E-state index contributed by atoms with van der Waals surface area (Å²) < 4.78 is 22.1. The zero-order chi connectivity index (χ0) is 29.3. The van der Waals surface area contributed by atoms with Gasteiger partial charge in [0.1, 0.15) is 0 Å². The van der Waals surface area contributed by atoms with Gasteiger partial charge >= 0.3 is 0 Å². The number of aliphatic hydroxyl groups is 1. The zero-order valence-electron chi connectivity index (χ0n) is 25.6. The molecule has 40 heavy (non-hydrogen) atoms. The standard InChI is InChI=1S/C32H54N2O6/c1-21(2)24(16-23-8-9-28(38-6)29(17-23)40-13-7-12-37-5)18-26(33)27(35)19-25(22(3)4)31(36)34-30-20-32(30)10-14-39-15-11-32/h8-9,17,21-22,24-27,30,35H,7,10-16,18-20,33H2,1-6H3,(H,34,36)/t24-,25-,26-,27-,30-/m0/s1. The summed E-state index contributed by atoms with van der Waals surface area (Å²) in [4.78, 5) is 13.3. The van der Waals surface area contributed by atoms with Gasteiger partial charge in [0, 0.05) is 51.4 Å². The fraction of sp³-hybridized carbons (Fsp3) is 0.781. The molecule has 8 nitrogen and oxygen atoms in total. The lowest BCUT2D eigenvalue weighted by molar-refractivity contribution is -0.128. The van der Waals surface area contributed by atoms with E-state index < -0.39 is 12.1 Å². The number of methoxy groups -OCH3 is 2. The van der Waals surface area contributed by atoms with Crippen molar-refractivity contribution in [1.29, 1.82) is 0 Å². The van der Waals surface area contributed by atoms with Crippen LogP contribution in [0.25, 0.3) is 0 Å². The van der Waals surface area contributed by atoms with Gasteiger partial charge in [0.2, 0.25) is 5.91 Å². The van der Waals surface area contributed by atoms with E-state index in [2.05, 4.69) is 39.1 Å². The van der Waals surface area contributed by atoms with Crippen LogP contribution in [0.2, 0.25) is 0 Å². The van der Waals surface area contributed by atoms with Crippen LogP contribution in [-0.4, -0.2) is 69.8 Å². The highest BCUT2D eigenvalue weighted by Crippen LogP contribution is 2.53. The van der Waals surface area contributed by atoms with Gasteiger partial charge in [0.15, 0.2) is 11.5 Å². The van der Waals surface area contributed by atoms with Crippen molar-refractivity contribution in [1.82, 2.24) is 5.32 Å². The van der Waals surface area contributed by atoms with Crippen LogP contribution in [0.15, 0.2) is 18.2 Å². The lowest BCUT2D eigenvalue weighted by atomic mass is 9.80. The highest BCUT2D eigenvalue weighted by atomic mass is 16.5. The quantitative estimate of drug-likeness (QED) is 0.242. The highest BCUT2D eigenvalue weighted by Gasteiger charge is 2.55. The third kappa shape index (κ3) is 9.07. The summed E-state index contributed by atoms with van der Waals surface area (Å²) in [6.45, 7) is 11.3. The van der Waals surface area contributed by atoms with E-state index in [1.54, 1.807) is 14.2 Å². The van der Waals surface area contributed by atoms with Crippen molar-refractivity contribution in [3.8, 4) is 11.5 Å². The third-order valence-corrected chi connectivity index (χ3v) is 9.12. The summed E-state index contributed by atoms with van der Waals surface area (Å²) in [7, 11) is 3.33. The maximum atomic E-state index is 13.3. The molecule has 1 spiro atoms. The topological polar surface area (TPSA) is 112 Å². The zero-order valence-corrected chi connectivity index (χ0v) is 25.6. The number of carbonyl (C=O) groups is 1. The Morgan fingerprint density at radius 3 is 2.45 bits per heavy atom. The Kier molecular flexibility index (Phi) is 12.6. The van der Waals surface area contributed by atoms with Crippen LogP contribution in [0.1, 0.15) is 71.8 Å². The van der Waals surface area contributed by atoms with E-state index >= 15 is 0 Å². The molecule has 1 heterocycles. The van der Waals surface area contributed by atoms with E-state index in [9.17, 15) is 9.90 Å². The van der Waals surface area contributed by atoms with Crippen LogP contribution in [0.5, 0.6) is 11.5 Å². The SMILES string of the molecule is COCCCOc1cc(C[C@@H](C[C@H](N)[C@@H](O)C[C@H](C(=O)N[C@H]2CC23CCOCC3)C(C)C)C(C)C)ccc1OC. The minimum absolute atomic E-state index is 0.0475. The number of carbonyl (C=O) groups excluding carboxylic acids is 1. The molecule has 1 saturated heterocycles. The minimum Gasteiger partial charge on any atom is -0.493 e. The number of amides is 1. The summed E-state index contributed by atoms with van der Waals surface area (Å²) in [6.07, 6.45) is 5.00. The average molecular weight is 563 g/mol. The van der Waals surface area contributed by atoms with Crippen molar-refractivity contribution in [2.75, 3.05) is 40.6 Å². The van der Waals surface area contributed by atoms with Gasteiger partial charge in [0.25, 0.3) is 0 Å². The third-order valence-electron chi connectivity index (χ3n) is 9.12. The first-order valence-corrected chi connectivity index (χ1v) is 15.2. The Morgan fingerprint density at radius 1 is 1.10 bits per heavy atom. The molecule has 2 aliphatic rings. The number of nitrogens with one attached hydrogen (secondary N) is 1. The van der Waals surface area contributed by atoms with Gasteiger partial charge in [-0.25, -0.2) is 0 Å². The lowest BCUT2D eigenvalue weighted by Crippen LogP contribution is -2.44. The fourth-order valence-electron chi connectivity index (χ4n) is 6.02. The second-order valence-electron chi connectivity index (χ2n) is 12.7. The number of hydrogen-bond acceptors (Lipinski definition) is 7. The smallest absolute Gasteiger partial charge is 0.223 e. The molecule has 0 bridgehead atoms. The summed E-state index contributed by atoms with van der Waals surface area (Å²) in [5, 5.41) is 14.5. The van der Waals surface area contributed by atoms with Crippen molar-refractivity contribution < 1.29 is 28.8 Å². The van der Waals surface area contributed by atoms with Crippen LogP contribution < -0.4 is 20.5 Å². The van der Waals surface area contributed by atoms with Gasteiger partial charge in [-0.05, 0) is 79.4 Å². The average Bonchev–Trinajstić information content (AvgIpc) is 3.58. The second kappa shape index (κ2) is 15.4. The normalized spacial score (nSPS) is 21.2. The molecule has 1 aromatic rings. The van der Waals surface area contributed by atoms with E-state index in [0.29, 0.717) is 37.7 Å². The second-order valence-corrected chi connectivity index (χ2v) is 12.7. The van der Waals surface area contributed by atoms with E-state index in [4.69, 9.17) is 24.7 Å². The van der Waals surface area contributed by atoms with Crippen LogP contribution in [0.4, 0.5) is 0 Å². The summed E-state index contributed by atoms with van der Waals surface area (Å²) in [5.41, 5.74) is 7.98. The maximum Gasteiger partial charge on any atom is 0.223 e. The predicted molar refractivity (Wildman–Crippen MR) is 158 cm³/mol. The number of aliphatic hydroxyl groups excluding tert-OH is 1. The van der Waals surface area contributed by atoms with Gasteiger partial charge in [-0.1, -0.05) is 33.8 Å². The Bertz CT molecular complexity index is 917. The van der Waals surface area contributed by atoms with Gasteiger partial charge in [-0.2, -0.15) is 0 Å². The number of hydrogen-bond donors (Lipinski definition) is 3. The number of nitrogens with two attached hydrogens (primary N) is 1. The van der Waals surface area contributed by atoms with Gasteiger partial charge in [0.05, 0.1) is 19.8 Å². The molecular formula is C32H54N2O6. The van der Waals surface area contributed by atoms with Gasteiger partial charge < -0.3 is 35.1 Å². The first kappa shape index (κ1) is 32.6. The molecule has 1 amide bonds. The molecule has 3 rings (SSSR count). The van der Waals surface area contributed by atoms with Crippen LogP contribution in [0.3, 0.4) is 0 Å². The van der Waals surface area contributed by atoms with Crippen LogP contribution in [-0.2, 0) is 20.7 Å². The van der Waals surface area contributed by atoms with Crippen molar-refractivity contribution in [3.05, 3.63) is 23.8 Å². The van der Waals surface area contributed by atoms with Crippen molar-refractivity contribution in [3.63, 3.8) is 0 Å². The van der Waals surface area contributed by atoms with Crippen molar-refractivity contribution >= 4 is 5.91 Å². The molecule has 0 unspecified atom stereocenters. The molecular weight excluding hydrogens is 508 g/mol. The van der Waals surface area contributed by atoms with E-state index in [1.807, 2.05) is 12.1 Å². The molecule has 1 saturated carbocycles. The first-order valence-electron chi connectivity index (χ1n) is 15.2. The Balaban J connectivity index is 1.57. The molecule has 0 radical (unpaired) electrons. The Morgan fingerprint density at radius 2 is 1.82 bits per heavy atom.